The highest BCUT2D eigenvalue weighted by molar-refractivity contribution is 6.07. The molecule has 0 saturated heterocycles. The van der Waals surface area contributed by atoms with Crippen LogP contribution in [-0.4, -0.2) is 24.8 Å². The SMILES string of the molecule is O=C(CC1=NCCO1)c1ccc(F)cc1F. The van der Waals surface area contributed by atoms with Crippen molar-refractivity contribution in [2.45, 2.75) is 6.42 Å². The van der Waals surface area contributed by atoms with Crippen molar-refractivity contribution in [3.8, 4) is 0 Å². The van der Waals surface area contributed by atoms with Gasteiger partial charge < -0.3 is 4.74 Å². The average Bonchev–Trinajstić information content (AvgIpc) is 2.70. The second kappa shape index (κ2) is 4.38. The summed E-state index contributed by atoms with van der Waals surface area (Å²) in [6.45, 7) is 0.975. The molecule has 0 spiro atoms. The van der Waals surface area contributed by atoms with Crippen LogP contribution < -0.4 is 0 Å². The number of hydrogen-bond acceptors (Lipinski definition) is 3. The first-order chi connectivity index (χ1) is 7.66. The molecule has 0 aliphatic carbocycles. The summed E-state index contributed by atoms with van der Waals surface area (Å²) in [5.74, 6) is -1.71. The van der Waals surface area contributed by atoms with Crippen molar-refractivity contribution in [3.05, 3.63) is 35.4 Å². The van der Waals surface area contributed by atoms with Gasteiger partial charge in [-0.25, -0.2) is 8.78 Å². The first kappa shape index (κ1) is 10.7. The topological polar surface area (TPSA) is 38.7 Å². The Kier molecular flexibility index (Phi) is 2.94. The van der Waals surface area contributed by atoms with Crippen LogP contribution in [0.25, 0.3) is 0 Å². The van der Waals surface area contributed by atoms with E-state index in [1.807, 2.05) is 0 Å². The Hall–Kier alpha value is -1.78. The number of halogens is 2. The van der Waals surface area contributed by atoms with E-state index in [2.05, 4.69) is 4.99 Å². The van der Waals surface area contributed by atoms with Gasteiger partial charge in [-0.15, -0.1) is 0 Å². The fraction of sp³-hybridized carbons (Fsp3) is 0.273. The van der Waals surface area contributed by atoms with E-state index in [-0.39, 0.29) is 12.0 Å². The average molecular weight is 225 g/mol. The lowest BCUT2D eigenvalue weighted by Gasteiger charge is -2.02. The third-order valence-corrected chi connectivity index (χ3v) is 2.19. The molecule has 0 amide bonds. The molecule has 0 N–H and O–H groups in total. The molecule has 1 aliphatic rings. The zero-order valence-corrected chi connectivity index (χ0v) is 8.37. The van der Waals surface area contributed by atoms with Crippen LogP contribution in [0, 0.1) is 11.6 Å². The fourth-order valence-corrected chi connectivity index (χ4v) is 1.43. The Morgan fingerprint density at radius 2 is 2.25 bits per heavy atom. The minimum Gasteiger partial charge on any atom is -0.479 e. The van der Waals surface area contributed by atoms with Crippen LogP contribution in [0.15, 0.2) is 23.2 Å². The number of nitrogens with zero attached hydrogens (tertiary/aromatic N) is 1. The van der Waals surface area contributed by atoms with Gasteiger partial charge in [0.25, 0.3) is 0 Å². The van der Waals surface area contributed by atoms with Gasteiger partial charge in [-0.3, -0.25) is 9.79 Å². The Morgan fingerprint density at radius 3 is 2.88 bits per heavy atom. The molecule has 5 heteroatoms. The lowest BCUT2D eigenvalue weighted by molar-refractivity contribution is 0.0991. The minimum absolute atomic E-state index is 0.0808. The molecule has 0 aromatic heterocycles. The van der Waals surface area contributed by atoms with Crippen molar-refractivity contribution in [1.29, 1.82) is 0 Å². The largest absolute Gasteiger partial charge is 0.479 e. The maximum Gasteiger partial charge on any atom is 0.191 e. The van der Waals surface area contributed by atoms with Crippen LogP contribution >= 0.6 is 0 Å². The summed E-state index contributed by atoms with van der Waals surface area (Å²) in [6.07, 6.45) is -0.0808. The fourth-order valence-electron chi connectivity index (χ4n) is 1.43. The van der Waals surface area contributed by atoms with Crippen molar-refractivity contribution < 1.29 is 18.3 Å². The first-order valence-corrected chi connectivity index (χ1v) is 4.81. The van der Waals surface area contributed by atoms with Crippen molar-refractivity contribution in [1.82, 2.24) is 0 Å². The summed E-state index contributed by atoms with van der Waals surface area (Å²) in [5, 5.41) is 0. The molecule has 0 fully saturated rings. The number of carbonyl (C=O) groups is 1. The van der Waals surface area contributed by atoms with Crippen molar-refractivity contribution >= 4 is 11.7 Å². The molecule has 0 atom stereocenters. The summed E-state index contributed by atoms with van der Waals surface area (Å²) < 4.78 is 30.9. The van der Waals surface area contributed by atoms with Crippen molar-refractivity contribution in [2.75, 3.05) is 13.2 Å². The predicted octanol–water partition coefficient (Wildman–Crippen LogP) is 1.97. The normalized spacial score (nSPS) is 14.5. The quantitative estimate of drug-likeness (QED) is 0.737. The standard InChI is InChI=1S/C11H9F2NO2/c12-7-1-2-8(9(13)5-7)10(15)6-11-14-3-4-16-11/h1-2,5H,3-4,6H2. The third kappa shape index (κ3) is 2.24. The van der Waals surface area contributed by atoms with Crippen LogP contribution in [0.5, 0.6) is 0 Å². The smallest absolute Gasteiger partial charge is 0.191 e. The molecule has 16 heavy (non-hydrogen) atoms. The molecule has 2 rings (SSSR count). The van der Waals surface area contributed by atoms with E-state index < -0.39 is 17.4 Å². The van der Waals surface area contributed by atoms with Crippen LogP contribution in [0.1, 0.15) is 16.8 Å². The first-order valence-electron chi connectivity index (χ1n) is 4.81. The van der Waals surface area contributed by atoms with Gasteiger partial charge in [0.1, 0.15) is 18.2 Å². The van der Waals surface area contributed by atoms with E-state index in [4.69, 9.17) is 4.74 Å². The molecule has 84 valence electrons. The van der Waals surface area contributed by atoms with Gasteiger partial charge in [0, 0.05) is 6.07 Å². The Labute approximate surface area is 90.8 Å². The Bertz CT molecular complexity index is 457. The van der Waals surface area contributed by atoms with E-state index in [1.54, 1.807) is 0 Å². The summed E-state index contributed by atoms with van der Waals surface area (Å²) in [7, 11) is 0. The van der Waals surface area contributed by atoms with Gasteiger partial charge in [0.15, 0.2) is 11.7 Å². The zero-order chi connectivity index (χ0) is 11.5. The number of carbonyl (C=O) groups excluding carboxylic acids is 1. The minimum atomic E-state index is -0.858. The lowest BCUT2D eigenvalue weighted by Crippen LogP contribution is -2.10. The number of hydrogen-bond donors (Lipinski definition) is 0. The number of rotatable bonds is 3. The molecule has 0 bridgehead atoms. The van der Waals surface area contributed by atoms with E-state index in [0.717, 1.165) is 12.1 Å². The Balaban J connectivity index is 2.14. The molecule has 3 nitrogen and oxygen atoms in total. The van der Waals surface area contributed by atoms with Crippen LogP contribution in [0.2, 0.25) is 0 Å². The van der Waals surface area contributed by atoms with E-state index >= 15 is 0 Å². The van der Waals surface area contributed by atoms with Crippen molar-refractivity contribution in [2.24, 2.45) is 4.99 Å². The second-order valence-electron chi connectivity index (χ2n) is 3.35. The predicted molar refractivity (Wildman–Crippen MR) is 53.6 cm³/mol. The number of Topliss-reactive ketones (excluding diaryl/α,β-unsaturated/α-hetero) is 1. The highest BCUT2D eigenvalue weighted by Crippen LogP contribution is 2.13. The molecule has 1 aliphatic heterocycles. The van der Waals surface area contributed by atoms with Gasteiger partial charge in [-0.2, -0.15) is 0 Å². The molecule has 0 unspecified atom stereocenters. The van der Waals surface area contributed by atoms with E-state index in [9.17, 15) is 13.6 Å². The maximum atomic E-state index is 13.2. The monoisotopic (exact) mass is 225 g/mol. The van der Waals surface area contributed by atoms with Gasteiger partial charge >= 0.3 is 0 Å². The van der Waals surface area contributed by atoms with Gasteiger partial charge in [0.05, 0.1) is 18.5 Å². The van der Waals surface area contributed by atoms with E-state index in [1.165, 1.54) is 0 Å². The zero-order valence-electron chi connectivity index (χ0n) is 8.37. The second-order valence-corrected chi connectivity index (χ2v) is 3.35. The highest BCUT2D eigenvalue weighted by Gasteiger charge is 2.17. The number of ether oxygens (including phenoxy) is 1. The highest BCUT2D eigenvalue weighted by atomic mass is 19.1. The third-order valence-electron chi connectivity index (χ3n) is 2.19. The molecule has 1 aromatic rings. The lowest BCUT2D eigenvalue weighted by atomic mass is 10.1. The molecule has 1 heterocycles. The van der Waals surface area contributed by atoms with Gasteiger partial charge in [0.2, 0.25) is 0 Å². The molecular formula is C11H9F2NO2. The summed E-state index contributed by atoms with van der Waals surface area (Å²) in [6, 6.07) is 2.86. The summed E-state index contributed by atoms with van der Waals surface area (Å²) >= 11 is 0. The van der Waals surface area contributed by atoms with Gasteiger partial charge in [-0.1, -0.05) is 0 Å². The number of aliphatic imine (C=N–C) groups is 1. The number of benzene rings is 1. The molecule has 1 aromatic carbocycles. The van der Waals surface area contributed by atoms with Crippen LogP contribution in [0.3, 0.4) is 0 Å². The van der Waals surface area contributed by atoms with Gasteiger partial charge in [-0.05, 0) is 12.1 Å². The molecule has 0 radical (unpaired) electrons. The molecule has 0 saturated carbocycles. The summed E-state index contributed by atoms with van der Waals surface area (Å²) in [5.41, 5.74) is -0.139. The Morgan fingerprint density at radius 1 is 1.44 bits per heavy atom. The van der Waals surface area contributed by atoms with E-state index in [0.29, 0.717) is 25.1 Å². The number of ketones is 1. The van der Waals surface area contributed by atoms with Crippen LogP contribution in [-0.2, 0) is 4.74 Å². The summed E-state index contributed by atoms with van der Waals surface area (Å²) in [4.78, 5) is 15.5. The van der Waals surface area contributed by atoms with Crippen molar-refractivity contribution in [3.63, 3.8) is 0 Å². The molecular weight excluding hydrogens is 216 g/mol. The maximum absolute atomic E-state index is 13.2. The van der Waals surface area contributed by atoms with Crippen LogP contribution in [0.4, 0.5) is 8.78 Å².